The Morgan fingerprint density at radius 2 is 1.83 bits per heavy atom. The van der Waals surface area contributed by atoms with Gasteiger partial charge in [0, 0.05) is 56.4 Å². The number of hydrogen-bond acceptors (Lipinski definition) is 10. The number of piperidine rings is 1. The molecule has 0 aliphatic carbocycles. The lowest BCUT2D eigenvalue weighted by molar-refractivity contribution is 0.0526. The van der Waals surface area contributed by atoms with Gasteiger partial charge in [0.1, 0.15) is 5.60 Å². The molecular formula is C32H45Cl2N9O3. The fourth-order valence-electron chi connectivity index (χ4n) is 6.10. The molecule has 0 bridgehead atoms. The van der Waals surface area contributed by atoms with Crippen LogP contribution in [0.4, 0.5) is 16.4 Å². The van der Waals surface area contributed by atoms with E-state index in [2.05, 4.69) is 48.3 Å². The molecule has 4 N–H and O–H groups in total. The Morgan fingerprint density at radius 3 is 2.50 bits per heavy atom. The van der Waals surface area contributed by atoms with Crippen LogP contribution in [0, 0.1) is 11.3 Å². The summed E-state index contributed by atoms with van der Waals surface area (Å²) in [6.45, 7) is 12.8. The third-order valence-electron chi connectivity index (χ3n) is 8.22. The van der Waals surface area contributed by atoms with Crippen molar-refractivity contribution in [3.63, 3.8) is 0 Å². The summed E-state index contributed by atoms with van der Waals surface area (Å²) in [6, 6.07) is 8.60. The predicted octanol–water partition coefficient (Wildman–Crippen LogP) is 4.45. The Morgan fingerprint density at radius 1 is 1.11 bits per heavy atom. The monoisotopic (exact) mass is 673 g/mol. The highest BCUT2D eigenvalue weighted by atomic mass is 35.5. The molecule has 1 aromatic heterocycles. The number of anilines is 2. The fraction of sp³-hybridized carbons (Fsp3) is 0.594. The number of benzene rings is 1. The molecule has 1 atom stereocenters. The van der Waals surface area contributed by atoms with Gasteiger partial charge in [-0.15, -0.1) is 0 Å². The minimum atomic E-state index is -0.611. The maximum atomic E-state index is 12.8. The minimum absolute atomic E-state index is 0.000845. The largest absolute Gasteiger partial charge is 0.444 e. The number of halogens is 2. The molecular weight excluding hydrogens is 629 g/mol. The molecule has 2 aliphatic heterocycles. The lowest BCUT2D eigenvalue weighted by atomic mass is 9.96. The maximum absolute atomic E-state index is 12.8. The minimum Gasteiger partial charge on any atom is -0.444 e. The number of alkyl carbamates (subject to hydrolysis) is 1. The Balaban J connectivity index is 1.32. The van der Waals surface area contributed by atoms with E-state index in [1.807, 2.05) is 12.1 Å². The normalized spacial score (nSPS) is 18.2. The zero-order valence-electron chi connectivity index (χ0n) is 27.1. The Labute approximate surface area is 281 Å². The molecule has 3 heterocycles. The van der Waals surface area contributed by atoms with Gasteiger partial charge in [-0.05, 0) is 70.8 Å². The van der Waals surface area contributed by atoms with Gasteiger partial charge in [0.15, 0.2) is 22.5 Å². The highest BCUT2D eigenvalue weighted by Gasteiger charge is 2.35. The van der Waals surface area contributed by atoms with Crippen molar-refractivity contribution < 1.29 is 14.3 Å². The SMILES string of the molecule is CCC[C@H]1CN(c2nc(N)c(C(=O)NCCNC(=O)OC(C)(C)C)nc2Cl)CCN1C1CCN(Cc2ccc(Cl)cc2C#N)CC1. The van der Waals surface area contributed by atoms with Crippen LogP contribution in [0.25, 0.3) is 0 Å². The van der Waals surface area contributed by atoms with E-state index in [4.69, 9.17) is 33.7 Å². The van der Waals surface area contributed by atoms with Crippen molar-refractivity contribution in [3.8, 4) is 6.07 Å². The summed E-state index contributed by atoms with van der Waals surface area (Å²) in [5.41, 5.74) is 7.19. The highest BCUT2D eigenvalue weighted by molar-refractivity contribution is 6.32. The van der Waals surface area contributed by atoms with E-state index in [1.54, 1.807) is 26.8 Å². The van der Waals surface area contributed by atoms with Crippen LogP contribution in [-0.4, -0.2) is 95.3 Å². The quantitative estimate of drug-likeness (QED) is 0.308. The van der Waals surface area contributed by atoms with Crippen LogP contribution in [-0.2, 0) is 11.3 Å². The van der Waals surface area contributed by atoms with E-state index in [9.17, 15) is 14.9 Å². The van der Waals surface area contributed by atoms with Gasteiger partial charge < -0.3 is 26.0 Å². The lowest BCUT2D eigenvalue weighted by Gasteiger charge is -2.48. The zero-order chi connectivity index (χ0) is 33.4. The summed E-state index contributed by atoms with van der Waals surface area (Å²) in [4.78, 5) is 40.6. The summed E-state index contributed by atoms with van der Waals surface area (Å²) in [5.74, 6) is -0.0439. The van der Waals surface area contributed by atoms with Crippen LogP contribution >= 0.6 is 23.2 Å². The zero-order valence-corrected chi connectivity index (χ0v) is 28.6. The second kappa shape index (κ2) is 16.0. The first-order valence-electron chi connectivity index (χ1n) is 15.9. The van der Waals surface area contributed by atoms with Crippen molar-refractivity contribution in [2.75, 3.05) is 56.4 Å². The number of rotatable bonds is 10. The maximum Gasteiger partial charge on any atom is 0.407 e. The van der Waals surface area contributed by atoms with Crippen LogP contribution in [0.2, 0.25) is 10.2 Å². The van der Waals surface area contributed by atoms with E-state index in [0.29, 0.717) is 35.0 Å². The van der Waals surface area contributed by atoms with Crippen molar-refractivity contribution in [1.29, 1.82) is 5.26 Å². The molecule has 2 aliphatic rings. The van der Waals surface area contributed by atoms with Crippen LogP contribution in [0.15, 0.2) is 18.2 Å². The number of piperazine rings is 1. The smallest absolute Gasteiger partial charge is 0.407 e. The Kier molecular flexibility index (Phi) is 12.3. The first-order valence-corrected chi connectivity index (χ1v) is 16.6. The van der Waals surface area contributed by atoms with E-state index in [-0.39, 0.29) is 29.8 Å². The standard InChI is InChI=1S/C32H45Cl2N9O3/c1-5-6-25-20-42(15-16-43(25)24-9-13-41(14-10-24)19-21-7-8-23(33)17-22(21)18-35)29-27(34)39-26(28(36)40-29)30(44)37-11-12-38-31(45)46-32(2,3)4/h7-8,17,24-25H,5-6,9-16,19-20H2,1-4H3,(H2,36,40)(H,37,44)(H,38,45)/t25-/m0/s1. The van der Waals surface area contributed by atoms with E-state index >= 15 is 0 Å². The van der Waals surface area contributed by atoms with Gasteiger partial charge in [-0.3, -0.25) is 14.6 Å². The number of aromatic nitrogens is 2. The molecule has 250 valence electrons. The van der Waals surface area contributed by atoms with Crippen LogP contribution in [0.1, 0.15) is 75.0 Å². The van der Waals surface area contributed by atoms with E-state index < -0.39 is 17.6 Å². The van der Waals surface area contributed by atoms with E-state index in [0.717, 1.165) is 64.0 Å². The highest BCUT2D eigenvalue weighted by Crippen LogP contribution is 2.30. The molecule has 2 amide bonds. The average Bonchev–Trinajstić information content (AvgIpc) is 3.00. The molecule has 2 fully saturated rings. The number of hydrogen-bond donors (Lipinski definition) is 3. The van der Waals surface area contributed by atoms with Gasteiger partial charge >= 0.3 is 6.09 Å². The molecule has 46 heavy (non-hydrogen) atoms. The number of ether oxygens (including phenoxy) is 1. The number of amides is 2. The number of carbonyl (C=O) groups is 2. The summed E-state index contributed by atoms with van der Waals surface area (Å²) < 4.78 is 5.19. The number of nitrogen functional groups attached to an aromatic ring is 1. The van der Waals surface area contributed by atoms with Crippen molar-refractivity contribution in [2.24, 2.45) is 0 Å². The Bertz CT molecular complexity index is 1420. The van der Waals surface area contributed by atoms with Gasteiger partial charge in [-0.1, -0.05) is 42.6 Å². The number of nitrogens with two attached hydrogens (primary N) is 1. The molecule has 0 radical (unpaired) electrons. The van der Waals surface area contributed by atoms with Crippen molar-refractivity contribution in [3.05, 3.63) is 45.2 Å². The topological polar surface area (TPSA) is 153 Å². The van der Waals surface area contributed by atoms with Crippen LogP contribution < -0.4 is 21.3 Å². The number of nitrogens with zero attached hydrogens (tertiary/aromatic N) is 6. The lowest BCUT2D eigenvalue weighted by Crippen LogP contribution is -2.58. The first kappa shape index (κ1) is 35.5. The van der Waals surface area contributed by atoms with Gasteiger partial charge in [0.05, 0.1) is 11.6 Å². The number of carbonyl (C=O) groups excluding carboxylic acids is 2. The van der Waals surface area contributed by atoms with E-state index in [1.165, 1.54) is 0 Å². The molecule has 1 aromatic carbocycles. The van der Waals surface area contributed by atoms with Gasteiger partial charge in [0.25, 0.3) is 5.91 Å². The third kappa shape index (κ3) is 9.58. The number of likely N-dealkylation sites (tertiary alicyclic amines) is 1. The van der Waals surface area contributed by atoms with Gasteiger partial charge in [0.2, 0.25) is 0 Å². The molecule has 0 spiro atoms. The summed E-state index contributed by atoms with van der Waals surface area (Å²) in [6.07, 6.45) is 3.63. The molecule has 4 rings (SSSR count). The summed E-state index contributed by atoms with van der Waals surface area (Å²) in [5, 5.41) is 15.5. The molecule has 14 heteroatoms. The first-order chi connectivity index (χ1) is 21.9. The summed E-state index contributed by atoms with van der Waals surface area (Å²) in [7, 11) is 0. The van der Waals surface area contributed by atoms with Crippen molar-refractivity contribution >= 4 is 46.8 Å². The fourth-order valence-corrected chi connectivity index (χ4v) is 6.52. The summed E-state index contributed by atoms with van der Waals surface area (Å²) >= 11 is 12.7. The van der Waals surface area contributed by atoms with Gasteiger partial charge in [-0.25, -0.2) is 14.8 Å². The molecule has 2 aromatic rings. The van der Waals surface area contributed by atoms with Gasteiger partial charge in [-0.2, -0.15) is 5.26 Å². The molecule has 0 unspecified atom stereocenters. The average molecular weight is 675 g/mol. The molecule has 2 saturated heterocycles. The van der Waals surface area contributed by atoms with Crippen molar-refractivity contribution in [1.82, 2.24) is 30.4 Å². The Hall–Kier alpha value is -3.37. The third-order valence-corrected chi connectivity index (χ3v) is 8.71. The molecule has 0 saturated carbocycles. The number of nitriles is 1. The second-order valence-electron chi connectivity index (χ2n) is 12.8. The van der Waals surface area contributed by atoms with Crippen molar-refractivity contribution in [2.45, 2.75) is 77.6 Å². The molecule has 12 nitrogen and oxygen atoms in total. The van der Waals surface area contributed by atoms with Crippen LogP contribution in [0.3, 0.4) is 0 Å². The predicted molar refractivity (Wildman–Crippen MR) is 180 cm³/mol. The number of nitrogens with one attached hydrogen (secondary N) is 2. The second-order valence-corrected chi connectivity index (χ2v) is 13.6. The van der Waals surface area contributed by atoms with Crippen LogP contribution in [0.5, 0.6) is 0 Å².